The van der Waals surface area contributed by atoms with Crippen molar-refractivity contribution in [3.05, 3.63) is 35.4 Å². The zero-order valence-corrected chi connectivity index (χ0v) is 12.9. The molecule has 2 aliphatic rings. The molecular formula is C17H25N3O. The van der Waals surface area contributed by atoms with Gasteiger partial charge in [-0.1, -0.05) is 24.3 Å². The molecule has 21 heavy (non-hydrogen) atoms. The van der Waals surface area contributed by atoms with E-state index in [1.807, 2.05) is 0 Å². The molecule has 0 aromatic heterocycles. The van der Waals surface area contributed by atoms with Crippen molar-refractivity contribution in [2.75, 3.05) is 13.6 Å². The first kappa shape index (κ1) is 14.4. The molecule has 0 bridgehead atoms. The van der Waals surface area contributed by atoms with Gasteiger partial charge in [-0.25, -0.2) is 4.79 Å². The number of nitrogens with zero attached hydrogens (tertiary/aromatic N) is 1. The van der Waals surface area contributed by atoms with Gasteiger partial charge in [-0.2, -0.15) is 0 Å². The Kier molecular flexibility index (Phi) is 4.15. The molecular weight excluding hydrogens is 262 g/mol. The number of hydrogen-bond acceptors (Lipinski definition) is 2. The highest BCUT2D eigenvalue weighted by Gasteiger charge is 2.29. The van der Waals surface area contributed by atoms with Crippen LogP contribution in [0.15, 0.2) is 24.3 Å². The fraction of sp³-hybridized carbons (Fsp3) is 0.588. The predicted molar refractivity (Wildman–Crippen MR) is 84.4 cm³/mol. The minimum Gasteiger partial charge on any atom is -0.337 e. The Bertz CT molecular complexity index is 488. The van der Waals surface area contributed by atoms with Gasteiger partial charge in [0.05, 0.1) is 0 Å². The van der Waals surface area contributed by atoms with Crippen LogP contribution in [0.1, 0.15) is 30.9 Å². The minimum absolute atomic E-state index is 0.0381. The lowest BCUT2D eigenvalue weighted by Gasteiger charge is -2.25. The molecule has 3 rings (SSSR count). The summed E-state index contributed by atoms with van der Waals surface area (Å²) in [6.07, 6.45) is 4.49. The number of benzene rings is 1. The van der Waals surface area contributed by atoms with Gasteiger partial charge in [0.15, 0.2) is 0 Å². The third-order valence-corrected chi connectivity index (χ3v) is 4.76. The molecule has 1 atom stereocenters. The van der Waals surface area contributed by atoms with Gasteiger partial charge < -0.3 is 10.6 Å². The maximum atomic E-state index is 12.0. The van der Waals surface area contributed by atoms with Gasteiger partial charge in [-0.3, -0.25) is 4.90 Å². The summed E-state index contributed by atoms with van der Waals surface area (Å²) in [4.78, 5) is 14.4. The lowest BCUT2D eigenvalue weighted by atomic mass is 10.1. The van der Waals surface area contributed by atoms with Crippen molar-refractivity contribution in [1.29, 1.82) is 0 Å². The van der Waals surface area contributed by atoms with Gasteiger partial charge in [0.2, 0.25) is 0 Å². The van der Waals surface area contributed by atoms with Crippen LogP contribution in [-0.4, -0.2) is 42.6 Å². The first-order valence-corrected chi connectivity index (χ1v) is 7.96. The number of urea groups is 1. The van der Waals surface area contributed by atoms with E-state index >= 15 is 0 Å². The molecule has 4 heteroatoms. The summed E-state index contributed by atoms with van der Waals surface area (Å²) < 4.78 is 0. The van der Waals surface area contributed by atoms with Gasteiger partial charge in [0.25, 0.3) is 0 Å². The second-order valence-electron chi connectivity index (χ2n) is 6.47. The normalized spacial score (nSPS) is 19.4. The summed E-state index contributed by atoms with van der Waals surface area (Å²) in [6.45, 7) is 2.88. The summed E-state index contributed by atoms with van der Waals surface area (Å²) in [5.74, 6) is 0. The Labute approximate surface area is 126 Å². The lowest BCUT2D eigenvalue weighted by molar-refractivity contribution is 0.220. The van der Waals surface area contributed by atoms with E-state index in [2.05, 4.69) is 53.8 Å². The van der Waals surface area contributed by atoms with Crippen LogP contribution in [0.5, 0.6) is 0 Å². The van der Waals surface area contributed by atoms with Crippen molar-refractivity contribution >= 4 is 6.03 Å². The van der Waals surface area contributed by atoms with Crippen LogP contribution < -0.4 is 10.6 Å². The maximum absolute atomic E-state index is 12.0. The van der Waals surface area contributed by atoms with E-state index in [-0.39, 0.29) is 12.1 Å². The first-order chi connectivity index (χ1) is 10.1. The highest BCUT2D eigenvalue weighted by molar-refractivity contribution is 5.74. The Balaban J connectivity index is 1.41. The summed E-state index contributed by atoms with van der Waals surface area (Å²) in [7, 11) is 2.15. The SMILES string of the molecule is C[C@H](CNC(=O)NC1Cc2ccccc2C1)N(C)C1CC1. The molecule has 0 unspecified atom stereocenters. The third kappa shape index (κ3) is 3.56. The van der Waals surface area contributed by atoms with Crippen molar-refractivity contribution in [3.63, 3.8) is 0 Å². The van der Waals surface area contributed by atoms with Crippen LogP contribution in [0.3, 0.4) is 0 Å². The lowest BCUT2D eigenvalue weighted by Crippen LogP contribution is -2.47. The largest absolute Gasteiger partial charge is 0.337 e. The number of amides is 2. The van der Waals surface area contributed by atoms with Gasteiger partial charge in [0, 0.05) is 24.7 Å². The number of carbonyl (C=O) groups excluding carboxylic acids is 1. The Morgan fingerprint density at radius 1 is 1.29 bits per heavy atom. The fourth-order valence-electron chi connectivity index (χ4n) is 3.12. The number of carbonyl (C=O) groups is 1. The van der Waals surface area contributed by atoms with Crippen molar-refractivity contribution in [3.8, 4) is 0 Å². The third-order valence-electron chi connectivity index (χ3n) is 4.76. The van der Waals surface area contributed by atoms with Crippen molar-refractivity contribution in [2.24, 2.45) is 0 Å². The van der Waals surface area contributed by atoms with Crippen LogP contribution in [-0.2, 0) is 12.8 Å². The molecule has 1 aromatic carbocycles. The molecule has 1 aromatic rings. The van der Waals surface area contributed by atoms with Crippen molar-refractivity contribution in [1.82, 2.24) is 15.5 Å². The van der Waals surface area contributed by atoms with E-state index in [0.29, 0.717) is 12.6 Å². The molecule has 2 amide bonds. The quantitative estimate of drug-likeness (QED) is 0.869. The first-order valence-electron chi connectivity index (χ1n) is 7.96. The standard InChI is InChI=1S/C17H25N3O/c1-12(20(2)16-7-8-16)11-18-17(21)19-15-9-13-5-3-4-6-14(13)10-15/h3-6,12,15-16H,7-11H2,1-2H3,(H2,18,19,21)/t12-/m1/s1. The van der Waals surface area contributed by atoms with Gasteiger partial charge in [-0.15, -0.1) is 0 Å². The van der Waals surface area contributed by atoms with Crippen molar-refractivity contribution in [2.45, 2.75) is 50.7 Å². The second-order valence-corrected chi connectivity index (χ2v) is 6.47. The highest BCUT2D eigenvalue weighted by atomic mass is 16.2. The molecule has 2 N–H and O–H groups in total. The molecule has 2 aliphatic carbocycles. The van der Waals surface area contributed by atoms with E-state index in [0.717, 1.165) is 18.9 Å². The van der Waals surface area contributed by atoms with Gasteiger partial charge in [-0.05, 0) is 50.8 Å². The summed E-state index contributed by atoms with van der Waals surface area (Å²) >= 11 is 0. The van der Waals surface area contributed by atoms with Gasteiger partial charge in [0.1, 0.15) is 0 Å². The van der Waals surface area contributed by atoms with E-state index in [1.165, 1.54) is 24.0 Å². The molecule has 114 valence electrons. The van der Waals surface area contributed by atoms with Crippen LogP contribution in [0.2, 0.25) is 0 Å². The molecule has 0 saturated heterocycles. The molecule has 1 fully saturated rings. The molecule has 1 saturated carbocycles. The Morgan fingerprint density at radius 3 is 2.48 bits per heavy atom. The topological polar surface area (TPSA) is 44.4 Å². The van der Waals surface area contributed by atoms with Crippen LogP contribution in [0, 0.1) is 0 Å². The number of nitrogens with one attached hydrogen (secondary N) is 2. The summed E-state index contributed by atoms with van der Waals surface area (Å²) in [5.41, 5.74) is 2.73. The average Bonchev–Trinajstić information content (AvgIpc) is 3.24. The summed E-state index contributed by atoms with van der Waals surface area (Å²) in [5, 5.41) is 6.10. The minimum atomic E-state index is -0.0381. The number of hydrogen-bond donors (Lipinski definition) is 2. The maximum Gasteiger partial charge on any atom is 0.315 e. The zero-order valence-electron chi connectivity index (χ0n) is 12.9. The molecule has 0 spiro atoms. The Hall–Kier alpha value is -1.55. The molecule has 0 aliphatic heterocycles. The molecule has 4 nitrogen and oxygen atoms in total. The van der Waals surface area contributed by atoms with E-state index in [4.69, 9.17) is 0 Å². The van der Waals surface area contributed by atoms with Crippen LogP contribution >= 0.6 is 0 Å². The number of likely N-dealkylation sites (N-methyl/N-ethyl adjacent to an activating group) is 1. The van der Waals surface area contributed by atoms with E-state index < -0.39 is 0 Å². The average molecular weight is 287 g/mol. The van der Waals surface area contributed by atoms with E-state index in [1.54, 1.807) is 0 Å². The van der Waals surface area contributed by atoms with Crippen molar-refractivity contribution < 1.29 is 4.79 Å². The smallest absolute Gasteiger partial charge is 0.315 e. The van der Waals surface area contributed by atoms with Crippen LogP contribution in [0.4, 0.5) is 4.79 Å². The number of fused-ring (bicyclic) bond motifs is 1. The summed E-state index contributed by atoms with van der Waals surface area (Å²) in [6, 6.07) is 9.76. The zero-order chi connectivity index (χ0) is 14.8. The second kappa shape index (κ2) is 6.06. The fourth-order valence-corrected chi connectivity index (χ4v) is 3.12. The highest BCUT2D eigenvalue weighted by Crippen LogP contribution is 2.26. The van der Waals surface area contributed by atoms with Crippen LogP contribution in [0.25, 0.3) is 0 Å². The van der Waals surface area contributed by atoms with E-state index in [9.17, 15) is 4.79 Å². The molecule has 0 radical (unpaired) electrons. The van der Waals surface area contributed by atoms with Gasteiger partial charge >= 0.3 is 6.03 Å². The molecule has 0 heterocycles. The Morgan fingerprint density at radius 2 is 1.90 bits per heavy atom. The monoisotopic (exact) mass is 287 g/mol. The number of rotatable bonds is 5. The predicted octanol–water partition coefficient (Wildman–Crippen LogP) is 1.94.